The number of rotatable bonds is 9. The molecular weight excluding hydrogens is 528 g/mol. The lowest BCUT2D eigenvalue weighted by Crippen LogP contribution is -2.46. The first-order valence-electron chi connectivity index (χ1n) is 15.1. The first-order valence-corrected chi connectivity index (χ1v) is 15.1. The zero-order valence-corrected chi connectivity index (χ0v) is 25.3. The Morgan fingerprint density at radius 1 is 0.976 bits per heavy atom. The van der Waals surface area contributed by atoms with Crippen LogP contribution in [0.2, 0.25) is 0 Å². The number of nitrogens with zero attached hydrogens (tertiary/aromatic N) is 5. The molecule has 0 radical (unpaired) electrons. The van der Waals surface area contributed by atoms with E-state index in [1.54, 1.807) is 32.0 Å². The van der Waals surface area contributed by atoms with Gasteiger partial charge in [0.15, 0.2) is 0 Å². The Morgan fingerprint density at radius 3 is 2.33 bits per heavy atom. The van der Waals surface area contributed by atoms with Crippen LogP contribution in [-0.2, 0) is 5.60 Å². The maximum atomic E-state index is 12.9. The van der Waals surface area contributed by atoms with Crippen molar-refractivity contribution in [3.63, 3.8) is 0 Å². The fourth-order valence-electron chi connectivity index (χ4n) is 5.72. The van der Waals surface area contributed by atoms with Gasteiger partial charge in [0.2, 0.25) is 5.95 Å². The first kappa shape index (κ1) is 29.7. The number of carbonyl (C=O) groups is 1. The third-order valence-electron chi connectivity index (χ3n) is 8.55. The van der Waals surface area contributed by atoms with Crippen molar-refractivity contribution in [3.8, 4) is 0 Å². The molecule has 0 saturated carbocycles. The SMILES string of the molecule is CCCNC(=O)c1cnc(Nc2ccc(N3CCC4(CCN(C)CC4)CC3)cc2)nc1Nc1cccc(C(C)(C)O)n1. The lowest BCUT2D eigenvalue weighted by Gasteiger charge is -2.46. The van der Waals surface area contributed by atoms with E-state index in [-0.39, 0.29) is 5.91 Å². The molecule has 42 heavy (non-hydrogen) atoms. The molecule has 224 valence electrons. The zero-order valence-electron chi connectivity index (χ0n) is 25.3. The Bertz CT molecular complexity index is 1350. The number of hydrogen-bond donors (Lipinski definition) is 4. The molecule has 5 rings (SSSR count). The highest BCUT2D eigenvalue weighted by molar-refractivity contribution is 5.99. The Labute approximate surface area is 249 Å². The molecular formula is C32H44N8O2. The molecule has 2 aliphatic rings. The van der Waals surface area contributed by atoms with Crippen molar-refractivity contribution in [1.82, 2.24) is 25.2 Å². The molecule has 1 amide bonds. The van der Waals surface area contributed by atoms with Crippen LogP contribution in [0.25, 0.3) is 0 Å². The average Bonchev–Trinajstić information content (AvgIpc) is 2.98. The summed E-state index contributed by atoms with van der Waals surface area (Å²) in [4.78, 5) is 31.4. The van der Waals surface area contributed by atoms with Crippen LogP contribution in [0.3, 0.4) is 0 Å². The smallest absolute Gasteiger partial charge is 0.256 e. The van der Waals surface area contributed by atoms with Crippen molar-refractivity contribution in [1.29, 1.82) is 0 Å². The molecule has 10 nitrogen and oxygen atoms in total. The minimum Gasteiger partial charge on any atom is -0.384 e. The Kier molecular flexibility index (Phi) is 8.93. The largest absolute Gasteiger partial charge is 0.384 e. The minimum atomic E-state index is -1.11. The van der Waals surface area contributed by atoms with Crippen LogP contribution >= 0.6 is 0 Å². The maximum Gasteiger partial charge on any atom is 0.256 e. The molecule has 2 fully saturated rings. The van der Waals surface area contributed by atoms with E-state index in [0.717, 1.165) is 25.2 Å². The Morgan fingerprint density at radius 2 is 1.67 bits per heavy atom. The third-order valence-corrected chi connectivity index (χ3v) is 8.55. The van der Waals surface area contributed by atoms with Crippen molar-refractivity contribution in [2.45, 2.75) is 58.5 Å². The fraction of sp³-hybridized carbons (Fsp3) is 0.500. The molecule has 4 N–H and O–H groups in total. The minimum absolute atomic E-state index is 0.266. The van der Waals surface area contributed by atoms with Crippen molar-refractivity contribution in [3.05, 3.63) is 59.9 Å². The van der Waals surface area contributed by atoms with Gasteiger partial charge < -0.3 is 30.9 Å². The van der Waals surface area contributed by atoms with E-state index in [1.165, 1.54) is 50.7 Å². The quantitative estimate of drug-likeness (QED) is 0.280. The summed E-state index contributed by atoms with van der Waals surface area (Å²) in [5.74, 6) is 0.890. The van der Waals surface area contributed by atoms with Gasteiger partial charge in [-0.25, -0.2) is 9.97 Å². The highest BCUT2D eigenvalue weighted by Crippen LogP contribution is 2.42. The summed E-state index contributed by atoms with van der Waals surface area (Å²) in [5.41, 5.74) is 2.33. The van der Waals surface area contributed by atoms with Crippen LogP contribution in [0.4, 0.5) is 29.0 Å². The van der Waals surface area contributed by atoms with Gasteiger partial charge in [-0.05, 0) is 108 Å². The van der Waals surface area contributed by atoms with E-state index in [1.807, 2.05) is 19.1 Å². The first-order chi connectivity index (χ1) is 20.1. The predicted octanol–water partition coefficient (Wildman–Crippen LogP) is 5.04. The Balaban J connectivity index is 1.29. The van der Waals surface area contributed by atoms with Gasteiger partial charge in [0.1, 0.15) is 22.8 Å². The van der Waals surface area contributed by atoms with Gasteiger partial charge in [0, 0.05) is 37.2 Å². The molecule has 2 aromatic heterocycles. The van der Waals surface area contributed by atoms with Gasteiger partial charge >= 0.3 is 0 Å². The van der Waals surface area contributed by atoms with Gasteiger partial charge in [0.05, 0.1) is 5.69 Å². The summed E-state index contributed by atoms with van der Waals surface area (Å²) in [5, 5.41) is 19.7. The van der Waals surface area contributed by atoms with Crippen LogP contribution in [0.1, 0.15) is 68.9 Å². The lowest BCUT2D eigenvalue weighted by molar-refractivity contribution is 0.0740. The summed E-state index contributed by atoms with van der Waals surface area (Å²) >= 11 is 0. The molecule has 0 aliphatic carbocycles. The van der Waals surface area contributed by atoms with E-state index in [0.29, 0.717) is 40.8 Å². The second-order valence-corrected chi connectivity index (χ2v) is 12.3. The standard InChI is InChI=1S/C32H44N8O2/c1-5-17-33-29(41)25-22-34-30(38-28(25)37-27-8-6-7-26(36-27)31(2,3)42)35-23-9-11-24(12-10-23)40-20-15-32(16-21-40)13-18-39(4)19-14-32/h6-12,22,42H,5,13-21H2,1-4H3,(H,33,41)(H2,34,35,36,37,38). The van der Waals surface area contributed by atoms with Gasteiger partial charge in [-0.3, -0.25) is 4.79 Å². The summed E-state index contributed by atoms with van der Waals surface area (Å²) < 4.78 is 0. The number of amides is 1. The summed E-state index contributed by atoms with van der Waals surface area (Å²) in [6.45, 7) is 10.5. The molecule has 1 spiro atoms. The van der Waals surface area contributed by atoms with E-state index in [2.05, 4.69) is 59.9 Å². The number of anilines is 5. The van der Waals surface area contributed by atoms with Crippen LogP contribution in [0.5, 0.6) is 0 Å². The topological polar surface area (TPSA) is 119 Å². The average molecular weight is 573 g/mol. The number of nitrogens with one attached hydrogen (secondary N) is 3. The predicted molar refractivity (Wildman–Crippen MR) is 168 cm³/mol. The van der Waals surface area contributed by atoms with Gasteiger partial charge in [-0.15, -0.1) is 0 Å². The molecule has 1 aromatic carbocycles. The summed E-state index contributed by atoms with van der Waals surface area (Å²) in [7, 11) is 2.23. The number of aromatic nitrogens is 3. The van der Waals surface area contributed by atoms with E-state index >= 15 is 0 Å². The number of hydrogen-bond acceptors (Lipinski definition) is 9. The van der Waals surface area contributed by atoms with Crippen molar-refractivity contribution < 1.29 is 9.90 Å². The van der Waals surface area contributed by atoms with Crippen LogP contribution in [0.15, 0.2) is 48.7 Å². The second kappa shape index (κ2) is 12.6. The second-order valence-electron chi connectivity index (χ2n) is 12.3. The number of aliphatic hydroxyl groups is 1. The van der Waals surface area contributed by atoms with Crippen LogP contribution < -0.4 is 20.9 Å². The van der Waals surface area contributed by atoms with Crippen molar-refractivity contribution >= 4 is 34.9 Å². The molecule has 2 saturated heterocycles. The van der Waals surface area contributed by atoms with Gasteiger partial charge in [0.25, 0.3) is 5.91 Å². The van der Waals surface area contributed by atoms with E-state index < -0.39 is 5.60 Å². The number of pyridine rings is 1. The summed E-state index contributed by atoms with van der Waals surface area (Å²) in [6, 6.07) is 13.7. The van der Waals surface area contributed by atoms with Crippen molar-refractivity contribution in [2.75, 3.05) is 55.3 Å². The molecule has 0 unspecified atom stereocenters. The van der Waals surface area contributed by atoms with Gasteiger partial charge in [-0.2, -0.15) is 4.98 Å². The number of carbonyl (C=O) groups excluding carboxylic acids is 1. The van der Waals surface area contributed by atoms with Crippen LogP contribution in [0, 0.1) is 5.41 Å². The van der Waals surface area contributed by atoms with E-state index in [4.69, 9.17) is 0 Å². The lowest BCUT2D eigenvalue weighted by atomic mass is 9.71. The van der Waals surface area contributed by atoms with E-state index in [9.17, 15) is 9.90 Å². The van der Waals surface area contributed by atoms with Gasteiger partial charge in [-0.1, -0.05) is 13.0 Å². The highest BCUT2D eigenvalue weighted by atomic mass is 16.3. The molecule has 0 atom stereocenters. The molecule has 0 bridgehead atoms. The van der Waals surface area contributed by atoms with Crippen LogP contribution in [-0.4, -0.2) is 70.6 Å². The highest BCUT2D eigenvalue weighted by Gasteiger charge is 2.36. The third kappa shape index (κ3) is 7.17. The molecule has 10 heteroatoms. The molecule has 4 heterocycles. The monoisotopic (exact) mass is 572 g/mol. The molecule has 2 aliphatic heterocycles. The zero-order chi connectivity index (χ0) is 29.7. The molecule has 3 aromatic rings. The number of likely N-dealkylation sites (tertiary alicyclic amines) is 1. The normalized spacial score (nSPS) is 17.2. The fourth-order valence-corrected chi connectivity index (χ4v) is 5.72. The van der Waals surface area contributed by atoms with Crippen molar-refractivity contribution in [2.24, 2.45) is 5.41 Å². The number of benzene rings is 1. The summed E-state index contributed by atoms with van der Waals surface area (Å²) in [6.07, 6.45) is 7.49. The Hall–Kier alpha value is -3.76. The number of piperidine rings is 2. The maximum absolute atomic E-state index is 12.9.